The topological polar surface area (TPSA) is 40.5 Å². The molecule has 0 aromatic carbocycles. The van der Waals surface area contributed by atoms with Crippen LogP contribution in [-0.4, -0.2) is 22.9 Å². The van der Waals surface area contributed by atoms with Gasteiger partial charge in [-0.25, -0.2) is 0 Å². The minimum absolute atomic E-state index is 0.102. The largest absolute Gasteiger partial charge is 0.396 e. The lowest BCUT2D eigenvalue weighted by molar-refractivity contribution is -0.153. The molecule has 2 unspecified atom stereocenters. The monoisotopic (exact) mass is 304 g/mol. The zero-order valence-electron chi connectivity index (χ0n) is 14.4. The van der Waals surface area contributed by atoms with Gasteiger partial charge < -0.3 is 10.2 Å². The molecule has 3 aliphatic carbocycles. The van der Waals surface area contributed by atoms with Crippen molar-refractivity contribution in [3.8, 4) is 0 Å². The third-order valence-corrected chi connectivity index (χ3v) is 7.57. The molecule has 0 heterocycles. The Labute approximate surface area is 135 Å². The van der Waals surface area contributed by atoms with Gasteiger partial charge in [0.1, 0.15) is 0 Å². The van der Waals surface area contributed by atoms with Crippen LogP contribution in [0.25, 0.3) is 0 Å². The summed E-state index contributed by atoms with van der Waals surface area (Å²) in [6, 6.07) is 0. The van der Waals surface area contributed by atoms with Gasteiger partial charge in [-0.1, -0.05) is 38.5 Å². The van der Waals surface area contributed by atoms with Gasteiger partial charge in [-0.15, -0.1) is 6.58 Å². The molecule has 2 N–H and O–H groups in total. The van der Waals surface area contributed by atoms with Crippen LogP contribution in [0, 0.1) is 28.1 Å². The van der Waals surface area contributed by atoms with E-state index >= 15 is 0 Å². The molecular weight excluding hydrogens is 272 g/mol. The summed E-state index contributed by atoms with van der Waals surface area (Å²) in [5.74, 6) is 1.04. The van der Waals surface area contributed by atoms with Crippen LogP contribution in [-0.2, 0) is 0 Å². The minimum atomic E-state index is -0.358. The third-order valence-electron chi connectivity index (χ3n) is 7.57. The van der Waals surface area contributed by atoms with Crippen LogP contribution in [0.3, 0.4) is 0 Å². The normalized spacial score (nSPS) is 51.5. The first-order valence-electron chi connectivity index (χ1n) is 8.93. The maximum absolute atomic E-state index is 10.5. The Kier molecular flexibility index (Phi) is 3.85. The lowest BCUT2D eigenvalue weighted by Gasteiger charge is -2.61. The molecule has 0 bridgehead atoms. The highest BCUT2D eigenvalue weighted by atomic mass is 16.3. The maximum Gasteiger partial charge on any atom is 0.0618 e. The highest BCUT2D eigenvalue weighted by Crippen LogP contribution is 2.63. The molecule has 6 atom stereocenters. The predicted octanol–water partition coefficient (Wildman–Crippen LogP) is 4.08. The van der Waals surface area contributed by atoms with Gasteiger partial charge in [0, 0.05) is 10.8 Å². The van der Waals surface area contributed by atoms with Gasteiger partial charge in [0.15, 0.2) is 0 Å². The molecule has 0 aromatic heterocycles. The van der Waals surface area contributed by atoms with E-state index in [1.165, 1.54) is 12.8 Å². The van der Waals surface area contributed by atoms with Gasteiger partial charge in [-0.2, -0.15) is 0 Å². The molecule has 124 valence electrons. The van der Waals surface area contributed by atoms with Crippen LogP contribution in [0.2, 0.25) is 0 Å². The SMILES string of the molecule is C=C[C@@]1(C)C=C2CCC3[C@](C)(CC[C@H](O)[C@@]3(C)CO)C2CC1. The first-order valence-corrected chi connectivity index (χ1v) is 8.93. The van der Waals surface area contributed by atoms with E-state index in [9.17, 15) is 10.2 Å². The summed E-state index contributed by atoms with van der Waals surface area (Å²) in [4.78, 5) is 0. The predicted molar refractivity (Wildman–Crippen MR) is 90.4 cm³/mol. The lowest BCUT2D eigenvalue weighted by Crippen LogP contribution is -2.58. The van der Waals surface area contributed by atoms with Crippen LogP contribution in [0.15, 0.2) is 24.3 Å². The van der Waals surface area contributed by atoms with Crippen molar-refractivity contribution in [3.05, 3.63) is 24.3 Å². The number of hydrogen-bond acceptors (Lipinski definition) is 2. The van der Waals surface area contributed by atoms with Gasteiger partial charge in [-0.3, -0.25) is 0 Å². The van der Waals surface area contributed by atoms with Crippen molar-refractivity contribution in [3.63, 3.8) is 0 Å². The van der Waals surface area contributed by atoms with Gasteiger partial charge >= 0.3 is 0 Å². The quantitative estimate of drug-likeness (QED) is 0.755. The van der Waals surface area contributed by atoms with Gasteiger partial charge in [0.2, 0.25) is 0 Å². The smallest absolute Gasteiger partial charge is 0.0618 e. The molecule has 0 radical (unpaired) electrons. The molecule has 0 spiro atoms. The Bertz CT molecular complexity index is 496. The van der Waals surface area contributed by atoms with Crippen LogP contribution >= 0.6 is 0 Å². The molecule has 0 saturated heterocycles. The van der Waals surface area contributed by atoms with E-state index < -0.39 is 0 Å². The molecule has 2 fully saturated rings. The number of allylic oxidation sites excluding steroid dienone is 3. The lowest BCUT2D eigenvalue weighted by atomic mass is 9.44. The van der Waals surface area contributed by atoms with Crippen molar-refractivity contribution in [2.75, 3.05) is 6.61 Å². The van der Waals surface area contributed by atoms with E-state index in [-0.39, 0.29) is 29.0 Å². The second kappa shape index (κ2) is 5.21. The molecule has 0 amide bonds. The number of aliphatic hydroxyl groups is 2. The standard InChI is InChI=1S/C20H32O2/c1-5-18(2)10-8-15-14(12-18)6-7-16-19(15,3)11-9-17(22)20(16,4)13-21/h5,12,15-17,21-22H,1,6-11,13H2,2-4H3/t15?,16?,17-,18+,19+,20-/m0/s1. The summed E-state index contributed by atoms with van der Waals surface area (Å²) in [7, 11) is 0. The fourth-order valence-electron chi connectivity index (χ4n) is 5.94. The first kappa shape index (κ1) is 16.3. The van der Waals surface area contributed by atoms with E-state index in [4.69, 9.17) is 0 Å². The Balaban J connectivity index is 1.98. The molecular formula is C20H32O2. The number of rotatable bonds is 2. The van der Waals surface area contributed by atoms with Crippen LogP contribution in [0.1, 0.15) is 59.3 Å². The van der Waals surface area contributed by atoms with E-state index in [0.717, 1.165) is 25.7 Å². The summed E-state index contributed by atoms with van der Waals surface area (Å²) in [5.41, 5.74) is 1.66. The highest BCUT2D eigenvalue weighted by Gasteiger charge is 2.58. The Morgan fingerprint density at radius 1 is 1.23 bits per heavy atom. The van der Waals surface area contributed by atoms with Gasteiger partial charge in [-0.05, 0) is 55.8 Å². The van der Waals surface area contributed by atoms with Crippen molar-refractivity contribution in [2.45, 2.75) is 65.4 Å². The highest BCUT2D eigenvalue weighted by molar-refractivity contribution is 5.27. The first-order chi connectivity index (χ1) is 10.3. The third kappa shape index (κ3) is 2.14. The summed E-state index contributed by atoms with van der Waals surface area (Å²) < 4.78 is 0. The molecule has 2 nitrogen and oxygen atoms in total. The fraction of sp³-hybridized carbons (Fsp3) is 0.800. The maximum atomic E-state index is 10.5. The summed E-state index contributed by atoms with van der Waals surface area (Å²) in [5, 5.41) is 20.5. The van der Waals surface area contributed by atoms with Gasteiger partial charge in [0.25, 0.3) is 0 Å². The molecule has 2 heteroatoms. The van der Waals surface area contributed by atoms with Gasteiger partial charge in [0.05, 0.1) is 12.7 Å². The average Bonchev–Trinajstić information content (AvgIpc) is 2.51. The molecule has 22 heavy (non-hydrogen) atoms. The fourth-order valence-corrected chi connectivity index (χ4v) is 5.94. The molecule has 0 aromatic rings. The second-order valence-corrected chi connectivity index (χ2v) is 8.84. The summed E-state index contributed by atoms with van der Waals surface area (Å²) in [6.45, 7) is 10.9. The Morgan fingerprint density at radius 3 is 2.59 bits per heavy atom. The molecule has 2 saturated carbocycles. The summed E-state index contributed by atoms with van der Waals surface area (Å²) >= 11 is 0. The zero-order chi connectivity index (χ0) is 16.2. The van der Waals surface area contributed by atoms with Crippen LogP contribution in [0.4, 0.5) is 0 Å². The van der Waals surface area contributed by atoms with E-state index in [2.05, 4.69) is 39.5 Å². The van der Waals surface area contributed by atoms with Crippen LogP contribution < -0.4 is 0 Å². The second-order valence-electron chi connectivity index (χ2n) is 8.84. The van der Waals surface area contributed by atoms with Crippen molar-refractivity contribution in [1.82, 2.24) is 0 Å². The van der Waals surface area contributed by atoms with E-state index in [0.29, 0.717) is 11.8 Å². The average molecular weight is 304 g/mol. The molecule has 0 aliphatic heterocycles. The minimum Gasteiger partial charge on any atom is -0.396 e. The van der Waals surface area contributed by atoms with Crippen molar-refractivity contribution in [1.29, 1.82) is 0 Å². The number of hydrogen-bond donors (Lipinski definition) is 2. The van der Waals surface area contributed by atoms with Crippen molar-refractivity contribution >= 4 is 0 Å². The summed E-state index contributed by atoms with van der Waals surface area (Å²) in [6.07, 6.45) is 10.8. The molecule has 3 aliphatic rings. The van der Waals surface area contributed by atoms with Crippen molar-refractivity contribution < 1.29 is 10.2 Å². The van der Waals surface area contributed by atoms with E-state index in [1.54, 1.807) is 5.57 Å². The van der Waals surface area contributed by atoms with Crippen LogP contribution in [0.5, 0.6) is 0 Å². The number of aliphatic hydroxyl groups excluding tert-OH is 2. The zero-order valence-corrected chi connectivity index (χ0v) is 14.4. The Morgan fingerprint density at radius 2 is 1.95 bits per heavy atom. The van der Waals surface area contributed by atoms with E-state index in [1.807, 2.05) is 0 Å². The Hall–Kier alpha value is -0.600. The van der Waals surface area contributed by atoms with Crippen molar-refractivity contribution in [2.24, 2.45) is 28.1 Å². The molecule has 3 rings (SSSR count). The number of fused-ring (bicyclic) bond motifs is 3.